The predicted molar refractivity (Wildman–Crippen MR) is 238 cm³/mol. The topological polar surface area (TPSA) is 121 Å². The van der Waals surface area contributed by atoms with Crippen molar-refractivity contribution in [3.05, 3.63) is 162 Å². The summed E-state index contributed by atoms with van der Waals surface area (Å²) in [6.45, 7) is 23.0. The molecule has 0 spiro atoms. The molecule has 3 heterocycles. The fourth-order valence-corrected chi connectivity index (χ4v) is 6.08. The summed E-state index contributed by atoms with van der Waals surface area (Å²) in [5.74, 6) is -1.82. The van der Waals surface area contributed by atoms with Crippen molar-refractivity contribution in [1.29, 1.82) is 0 Å². The fraction of sp³-hybridized carbons (Fsp3) is 0.265. The molecule has 3 aliphatic rings. The second kappa shape index (κ2) is 25.0. The van der Waals surface area contributed by atoms with E-state index < -0.39 is 0 Å². The quantitative estimate of drug-likeness (QED) is 0.140. The number of methoxy groups -OCH3 is 1. The molecule has 310 valence electrons. The molecule has 3 aromatic rings. The van der Waals surface area contributed by atoms with Crippen molar-refractivity contribution in [2.45, 2.75) is 73.6 Å². The van der Waals surface area contributed by atoms with Crippen LogP contribution in [0.15, 0.2) is 129 Å². The van der Waals surface area contributed by atoms with Gasteiger partial charge >= 0.3 is 0 Å². The summed E-state index contributed by atoms with van der Waals surface area (Å²) in [6.07, 6.45) is 17.4. The lowest BCUT2D eigenvalue weighted by Crippen LogP contribution is -2.31. The molecule has 0 unspecified atom stereocenters. The summed E-state index contributed by atoms with van der Waals surface area (Å²) in [5, 5.41) is 0. The molecular weight excluding hydrogens is 743 g/mol. The standard InChI is InChI=1S/C27H26N2O4.C10H7NO2.C4H8O.2C4H8/c1-5-20-14-18(11-16(3)26(20)28-22(30)7-8-23(28)31)13-19-12-17(4)27(21(6-2)15-19)29-24(32)9-10-25(29)33;12-9-6-7-10(13)11(9)8-4-2-1-3-5-8;1-3-4-5-2;2*1-3-4-2/h7-12,14-15H,5-6,13H2,1-4H3;1-7H;3H,1,4H2,2H3;2*3H,1,4H2,2H3. The normalized spacial score (nSPS) is 13.6. The van der Waals surface area contributed by atoms with E-state index in [-0.39, 0.29) is 35.4 Å². The van der Waals surface area contributed by atoms with Gasteiger partial charge in [-0.3, -0.25) is 28.8 Å². The maximum Gasteiger partial charge on any atom is 0.258 e. The third-order valence-corrected chi connectivity index (χ3v) is 8.80. The third-order valence-electron chi connectivity index (χ3n) is 8.80. The number of hydrogen-bond acceptors (Lipinski definition) is 7. The van der Waals surface area contributed by atoms with E-state index in [0.717, 1.165) is 51.1 Å². The van der Waals surface area contributed by atoms with E-state index in [1.54, 1.807) is 37.5 Å². The molecule has 0 saturated heterocycles. The van der Waals surface area contributed by atoms with E-state index in [2.05, 4.69) is 38.3 Å². The number of ether oxygens (including phenoxy) is 1. The molecule has 0 N–H and O–H groups in total. The molecule has 0 fully saturated rings. The van der Waals surface area contributed by atoms with E-state index >= 15 is 0 Å². The Morgan fingerprint density at radius 1 is 0.525 bits per heavy atom. The van der Waals surface area contributed by atoms with Gasteiger partial charge in [0.15, 0.2) is 0 Å². The largest absolute Gasteiger partial charge is 0.381 e. The Hall–Kier alpha value is -6.52. The summed E-state index contributed by atoms with van der Waals surface area (Å²) < 4.78 is 4.57. The van der Waals surface area contributed by atoms with Crippen LogP contribution in [0, 0.1) is 13.8 Å². The van der Waals surface area contributed by atoms with Crippen LogP contribution in [0.5, 0.6) is 0 Å². The van der Waals surface area contributed by atoms with Gasteiger partial charge in [0.05, 0.1) is 23.7 Å². The van der Waals surface area contributed by atoms with Crippen LogP contribution in [0.1, 0.15) is 73.9 Å². The first-order chi connectivity index (χ1) is 28.3. The highest BCUT2D eigenvalue weighted by Gasteiger charge is 2.30. The number of hydrogen-bond donors (Lipinski definition) is 0. The number of carbonyl (C=O) groups is 6. The highest BCUT2D eigenvalue weighted by molar-refractivity contribution is 6.30. The van der Waals surface area contributed by atoms with Crippen molar-refractivity contribution >= 4 is 52.5 Å². The number of rotatable bonds is 11. The lowest BCUT2D eigenvalue weighted by atomic mass is 9.93. The Morgan fingerprint density at radius 2 is 0.864 bits per heavy atom. The van der Waals surface area contributed by atoms with E-state index in [9.17, 15) is 28.8 Å². The molecule has 10 nitrogen and oxygen atoms in total. The first-order valence-electron chi connectivity index (χ1n) is 19.6. The lowest BCUT2D eigenvalue weighted by molar-refractivity contribution is -0.121. The van der Waals surface area contributed by atoms with Crippen LogP contribution >= 0.6 is 0 Å². The van der Waals surface area contributed by atoms with E-state index in [4.69, 9.17) is 0 Å². The average Bonchev–Trinajstić information content (AvgIpc) is 3.87. The second-order valence-corrected chi connectivity index (χ2v) is 13.2. The smallest absolute Gasteiger partial charge is 0.258 e. The second-order valence-electron chi connectivity index (χ2n) is 13.2. The average molecular weight is 800 g/mol. The Kier molecular flexibility index (Phi) is 20.6. The van der Waals surface area contributed by atoms with Crippen molar-refractivity contribution in [2.24, 2.45) is 0 Å². The molecule has 0 bridgehead atoms. The Bertz CT molecular complexity index is 1950. The van der Waals surface area contributed by atoms with Gasteiger partial charge < -0.3 is 4.74 Å². The number of amides is 6. The zero-order chi connectivity index (χ0) is 44.1. The molecule has 0 atom stereocenters. The predicted octanol–water partition coefficient (Wildman–Crippen LogP) is 8.98. The van der Waals surface area contributed by atoms with Crippen molar-refractivity contribution in [1.82, 2.24) is 0 Å². The molecule has 10 heteroatoms. The number of imide groups is 3. The molecule has 6 rings (SSSR count). The number of carbonyl (C=O) groups excluding carboxylic acids is 6. The van der Waals surface area contributed by atoms with Crippen LogP contribution in [0.25, 0.3) is 0 Å². The minimum absolute atomic E-state index is 0.281. The highest BCUT2D eigenvalue weighted by atomic mass is 16.5. The molecule has 0 radical (unpaired) electrons. The summed E-state index contributed by atoms with van der Waals surface area (Å²) >= 11 is 0. The molecule has 0 aliphatic carbocycles. The number of allylic oxidation sites excluding steroid dienone is 2. The minimum atomic E-state index is -0.315. The van der Waals surface area contributed by atoms with E-state index in [1.165, 1.54) is 46.3 Å². The lowest BCUT2D eigenvalue weighted by Gasteiger charge is -2.23. The first-order valence-corrected chi connectivity index (χ1v) is 19.6. The van der Waals surface area contributed by atoms with Gasteiger partial charge in [0.2, 0.25) is 0 Å². The van der Waals surface area contributed by atoms with Gasteiger partial charge in [0.25, 0.3) is 35.4 Å². The van der Waals surface area contributed by atoms with Crippen LogP contribution in [0.3, 0.4) is 0 Å². The minimum Gasteiger partial charge on any atom is -0.381 e. The van der Waals surface area contributed by atoms with Crippen molar-refractivity contribution in [3.63, 3.8) is 0 Å². The van der Waals surface area contributed by atoms with Crippen LogP contribution in [0.2, 0.25) is 0 Å². The number of para-hydroxylation sites is 1. The van der Waals surface area contributed by atoms with Crippen molar-refractivity contribution < 1.29 is 33.5 Å². The van der Waals surface area contributed by atoms with Gasteiger partial charge in [-0.1, -0.05) is 88.4 Å². The number of aryl methyl sites for hydroxylation is 4. The van der Waals surface area contributed by atoms with Gasteiger partial charge in [0.1, 0.15) is 0 Å². The van der Waals surface area contributed by atoms with Crippen molar-refractivity contribution in [2.75, 3.05) is 28.4 Å². The summed E-state index contributed by atoms with van der Waals surface area (Å²) in [5.41, 5.74) is 7.73. The van der Waals surface area contributed by atoms with Gasteiger partial charge in [-0.15, -0.1) is 19.7 Å². The van der Waals surface area contributed by atoms with E-state index in [1.807, 2.05) is 70.2 Å². The zero-order valence-corrected chi connectivity index (χ0v) is 35.5. The van der Waals surface area contributed by atoms with Crippen LogP contribution < -0.4 is 14.7 Å². The van der Waals surface area contributed by atoms with Crippen LogP contribution in [0.4, 0.5) is 17.1 Å². The van der Waals surface area contributed by atoms with E-state index in [0.29, 0.717) is 42.9 Å². The van der Waals surface area contributed by atoms with Crippen LogP contribution in [-0.4, -0.2) is 49.2 Å². The first kappa shape index (κ1) is 48.6. The molecule has 0 aromatic heterocycles. The molecule has 59 heavy (non-hydrogen) atoms. The molecule has 3 aromatic carbocycles. The molecular formula is C49H57N3O7. The Labute approximate surface area is 349 Å². The summed E-state index contributed by atoms with van der Waals surface area (Å²) in [4.78, 5) is 75.0. The molecule has 6 amide bonds. The summed E-state index contributed by atoms with van der Waals surface area (Å²) in [6, 6.07) is 17.0. The van der Waals surface area contributed by atoms with Gasteiger partial charge in [-0.05, 0) is 91.5 Å². The fourth-order valence-electron chi connectivity index (χ4n) is 6.08. The monoisotopic (exact) mass is 799 g/mol. The van der Waals surface area contributed by atoms with Crippen LogP contribution in [-0.2, 0) is 52.8 Å². The zero-order valence-electron chi connectivity index (χ0n) is 35.5. The molecule has 3 aliphatic heterocycles. The van der Waals surface area contributed by atoms with Gasteiger partial charge in [0, 0.05) is 43.6 Å². The molecule has 0 saturated carbocycles. The Morgan fingerprint density at radius 3 is 1.14 bits per heavy atom. The summed E-state index contributed by atoms with van der Waals surface area (Å²) in [7, 11) is 1.64. The maximum absolute atomic E-state index is 12.2. The number of anilines is 3. The number of benzene rings is 3. The number of nitrogens with zero attached hydrogens (tertiary/aromatic N) is 3. The Balaban J connectivity index is 0.000000374. The third kappa shape index (κ3) is 13.5. The van der Waals surface area contributed by atoms with Crippen molar-refractivity contribution in [3.8, 4) is 0 Å². The highest BCUT2D eigenvalue weighted by Crippen LogP contribution is 2.33. The van der Waals surface area contributed by atoms with Gasteiger partial charge in [-0.2, -0.15) is 0 Å². The van der Waals surface area contributed by atoms with Gasteiger partial charge in [-0.25, -0.2) is 14.7 Å². The maximum atomic E-state index is 12.2. The SMILES string of the molecule is C=CCC.C=CCC.C=CCOC.CCc1cc(Cc2cc(C)c(N3C(=O)C=CC3=O)c(CC)c2)cc(C)c1N1C(=O)C=CC1=O.O=C1C=CC(=O)N1c1ccccc1.